The number of carbonyl (C=O) groups excluding carboxylic acids is 1. The zero-order valence-corrected chi connectivity index (χ0v) is 36.9. The van der Waals surface area contributed by atoms with Crippen molar-refractivity contribution in [2.75, 3.05) is 50.9 Å². The van der Waals surface area contributed by atoms with E-state index in [0.717, 1.165) is 17.4 Å². The van der Waals surface area contributed by atoms with Crippen LogP contribution in [0.1, 0.15) is 61.4 Å². The Morgan fingerprint density at radius 3 is 2.10 bits per heavy atom. The first-order valence-electron chi connectivity index (χ1n) is 19.0. The number of rotatable bonds is 11. The summed E-state index contributed by atoms with van der Waals surface area (Å²) in [4.78, 5) is 26.7. The zero-order chi connectivity index (χ0) is 44.0. The van der Waals surface area contributed by atoms with Crippen molar-refractivity contribution in [3.05, 3.63) is 116 Å². The summed E-state index contributed by atoms with van der Waals surface area (Å²) in [7, 11) is 0.184. The molecule has 0 saturated heterocycles. The fraction of sp³-hybridized carbons (Fsp3) is 0.366. The lowest BCUT2D eigenvalue weighted by molar-refractivity contribution is -0.138. The van der Waals surface area contributed by atoms with Crippen molar-refractivity contribution in [3.8, 4) is 11.5 Å². The second-order valence-electron chi connectivity index (χ2n) is 15.0. The Morgan fingerprint density at radius 1 is 0.951 bits per heavy atom. The molecule has 0 aliphatic carbocycles. The number of aromatic nitrogens is 4. The number of aryl methyl sites for hydroxylation is 1. The molecule has 4 heterocycles. The van der Waals surface area contributed by atoms with Gasteiger partial charge >= 0.3 is 6.18 Å². The van der Waals surface area contributed by atoms with Gasteiger partial charge in [-0.1, -0.05) is 47.5 Å². The Balaban J connectivity index is 1.32. The van der Waals surface area contributed by atoms with Gasteiger partial charge in [-0.3, -0.25) is 13.7 Å². The van der Waals surface area contributed by atoms with Gasteiger partial charge in [0.2, 0.25) is 15.0 Å². The highest BCUT2D eigenvalue weighted by molar-refractivity contribution is 7.90. The van der Waals surface area contributed by atoms with E-state index >= 15 is 13.2 Å². The van der Waals surface area contributed by atoms with Crippen LogP contribution in [0.15, 0.2) is 65.8 Å². The van der Waals surface area contributed by atoms with Crippen LogP contribution in [-0.4, -0.2) is 84.3 Å². The van der Waals surface area contributed by atoms with Gasteiger partial charge in [-0.25, -0.2) is 18.4 Å². The third kappa shape index (κ3) is 9.32. The molecule has 0 N–H and O–H groups in total. The number of amides is 1. The van der Waals surface area contributed by atoms with Crippen molar-refractivity contribution in [2.24, 2.45) is 0 Å². The van der Waals surface area contributed by atoms with E-state index in [0.29, 0.717) is 48.0 Å². The van der Waals surface area contributed by atoms with Crippen LogP contribution in [0.25, 0.3) is 0 Å². The molecule has 2 aromatic heterocycles. The van der Waals surface area contributed by atoms with E-state index in [1.54, 1.807) is 62.2 Å². The average molecular weight is 921 g/mol. The van der Waals surface area contributed by atoms with Crippen molar-refractivity contribution in [2.45, 2.75) is 61.4 Å². The summed E-state index contributed by atoms with van der Waals surface area (Å²) in [5, 5.41) is 2.17. The third-order valence-corrected chi connectivity index (χ3v) is 13.7. The van der Waals surface area contributed by atoms with Crippen molar-refractivity contribution >= 4 is 61.3 Å². The SMILES string of the molecule is COc1ccc(CN(Cc2ccc(OC)cc2)c2cc(Cl)c(C(F)(F)F)c(C3Cc4nc(S(C)(=O)=O)nc(N5CCCn6nc(C(=O)N(C)C)c(Cl)c6C5)c4CS3=O)c2)cc1. The fourth-order valence-corrected chi connectivity index (χ4v) is 10.2. The molecule has 0 bridgehead atoms. The van der Waals surface area contributed by atoms with Crippen molar-refractivity contribution in [1.82, 2.24) is 24.6 Å². The van der Waals surface area contributed by atoms with Crippen LogP contribution in [0.5, 0.6) is 11.5 Å². The molecule has 0 saturated carbocycles. The van der Waals surface area contributed by atoms with Crippen molar-refractivity contribution < 1.29 is 40.1 Å². The summed E-state index contributed by atoms with van der Waals surface area (Å²) in [5.74, 6) is 0.746. The van der Waals surface area contributed by atoms with Gasteiger partial charge in [0, 0.05) is 75.0 Å². The van der Waals surface area contributed by atoms with E-state index in [1.165, 1.54) is 17.0 Å². The van der Waals surface area contributed by atoms with E-state index in [2.05, 4.69) is 15.1 Å². The maximum absolute atomic E-state index is 15.1. The van der Waals surface area contributed by atoms with Gasteiger partial charge < -0.3 is 24.2 Å². The second kappa shape index (κ2) is 17.5. The Kier molecular flexibility index (Phi) is 12.6. The van der Waals surface area contributed by atoms with Crippen molar-refractivity contribution in [3.63, 3.8) is 0 Å². The fourth-order valence-electron chi connectivity index (χ4n) is 7.50. The number of hydrogen-bond acceptors (Lipinski definition) is 11. The van der Waals surface area contributed by atoms with Gasteiger partial charge in [0.05, 0.1) is 58.8 Å². The lowest BCUT2D eigenvalue weighted by atomic mass is 9.97. The molecule has 2 unspecified atom stereocenters. The van der Waals surface area contributed by atoms with Gasteiger partial charge in [0.1, 0.15) is 17.3 Å². The summed E-state index contributed by atoms with van der Waals surface area (Å²) in [6.07, 6.45) is -3.82. The minimum Gasteiger partial charge on any atom is -0.497 e. The maximum Gasteiger partial charge on any atom is 0.418 e. The number of halogens is 5. The Morgan fingerprint density at radius 2 is 1.56 bits per heavy atom. The number of anilines is 2. The molecule has 3 aromatic carbocycles. The molecular formula is C41H42Cl2F3N7O6S2. The van der Waals surface area contributed by atoms with Crippen LogP contribution in [0.2, 0.25) is 10.0 Å². The number of hydrogen-bond donors (Lipinski definition) is 0. The van der Waals surface area contributed by atoms with Crippen LogP contribution in [0.3, 0.4) is 0 Å². The lowest BCUT2D eigenvalue weighted by Crippen LogP contribution is -2.31. The van der Waals surface area contributed by atoms with Gasteiger partial charge in [-0.2, -0.15) is 18.3 Å². The number of fused-ring (bicyclic) bond motifs is 2. The molecule has 5 aromatic rings. The van der Waals surface area contributed by atoms with E-state index in [4.69, 9.17) is 32.7 Å². The minimum absolute atomic E-state index is 0.0573. The molecule has 0 spiro atoms. The molecule has 324 valence electrons. The number of carbonyl (C=O) groups is 1. The number of ether oxygens (including phenoxy) is 2. The molecule has 0 radical (unpaired) electrons. The zero-order valence-electron chi connectivity index (χ0n) is 33.8. The van der Waals surface area contributed by atoms with Gasteiger partial charge in [-0.15, -0.1) is 0 Å². The summed E-state index contributed by atoms with van der Waals surface area (Å²) in [5.41, 5.74) is 1.59. The topological polar surface area (TPSA) is 140 Å². The molecule has 20 heteroatoms. The molecule has 0 fully saturated rings. The van der Waals surface area contributed by atoms with Gasteiger partial charge in [0.15, 0.2) is 5.69 Å². The number of methoxy groups -OCH3 is 2. The average Bonchev–Trinajstić information content (AvgIpc) is 3.36. The Bertz CT molecular complexity index is 2560. The minimum atomic E-state index is -4.94. The van der Waals surface area contributed by atoms with E-state index in [9.17, 15) is 17.4 Å². The smallest absolute Gasteiger partial charge is 0.418 e. The molecule has 2 aliphatic rings. The highest BCUT2D eigenvalue weighted by Gasteiger charge is 2.42. The largest absolute Gasteiger partial charge is 0.497 e. The number of alkyl halides is 3. The van der Waals surface area contributed by atoms with E-state index < -0.39 is 53.7 Å². The maximum atomic E-state index is 15.1. The number of benzene rings is 3. The summed E-state index contributed by atoms with van der Waals surface area (Å²) in [6.45, 7) is 1.30. The van der Waals surface area contributed by atoms with Crippen molar-refractivity contribution in [1.29, 1.82) is 0 Å². The predicted molar refractivity (Wildman–Crippen MR) is 227 cm³/mol. The quantitative estimate of drug-likeness (QED) is 0.124. The molecule has 61 heavy (non-hydrogen) atoms. The summed E-state index contributed by atoms with van der Waals surface area (Å²) in [6, 6.07) is 17.2. The monoisotopic (exact) mass is 919 g/mol. The van der Waals surface area contributed by atoms with Crippen LogP contribution < -0.4 is 19.3 Å². The molecular weight excluding hydrogens is 879 g/mol. The molecule has 2 aliphatic heterocycles. The number of nitrogens with zero attached hydrogens (tertiary/aromatic N) is 7. The highest BCUT2D eigenvalue weighted by Crippen LogP contribution is 2.47. The number of sulfone groups is 1. The highest BCUT2D eigenvalue weighted by atomic mass is 35.5. The summed E-state index contributed by atoms with van der Waals surface area (Å²) < 4.78 is 98.2. The van der Waals surface area contributed by atoms with Crippen LogP contribution in [0, 0.1) is 0 Å². The van der Waals surface area contributed by atoms with Gasteiger partial charge in [-0.05, 0) is 59.5 Å². The third-order valence-electron chi connectivity index (χ3n) is 10.6. The first-order chi connectivity index (χ1) is 28.9. The molecule has 7 rings (SSSR count). The van der Waals surface area contributed by atoms with E-state index in [1.807, 2.05) is 29.2 Å². The Hall–Kier alpha value is -4.91. The predicted octanol–water partition coefficient (Wildman–Crippen LogP) is 7.28. The molecule has 1 amide bonds. The normalized spacial score (nSPS) is 16.7. The van der Waals surface area contributed by atoms with E-state index in [-0.39, 0.29) is 59.6 Å². The first-order valence-corrected chi connectivity index (χ1v) is 23.0. The standard InChI is InChI=1S/C41H42Cl2F3N7O6S2/c1-50(2)39(54)37-36(43)33-22-51(15-6-16-53(33)49-37)38-30-23-60(55)34(19-32(30)47-40(48-38)61(5,56)57)29-17-26(18-31(42)35(29)41(44,45)46)52(20-24-7-11-27(58-3)12-8-24)21-25-9-13-28(59-4)14-10-25/h7-14,17-18,34H,6,15-16,19-23H2,1-5H3. The first kappa shape index (κ1) is 44.2. The molecule has 2 atom stereocenters. The summed E-state index contributed by atoms with van der Waals surface area (Å²) >= 11 is 13.3. The van der Waals surface area contributed by atoms with Gasteiger partial charge in [0.25, 0.3) is 5.91 Å². The second-order valence-corrected chi connectivity index (χ2v) is 19.3. The molecule has 13 nitrogen and oxygen atoms in total. The van der Waals surface area contributed by atoms with Crippen LogP contribution in [0.4, 0.5) is 24.7 Å². The van der Waals surface area contributed by atoms with Crippen LogP contribution in [-0.2, 0) is 65.2 Å². The van der Waals surface area contributed by atoms with Crippen LogP contribution >= 0.6 is 23.2 Å². The lowest BCUT2D eigenvalue weighted by Gasteiger charge is -2.32. The Labute approximate surface area is 363 Å².